The molecule has 2 aromatic rings. The molecule has 0 aliphatic carbocycles. The molecule has 0 aliphatic heterocycles. The van der Waals surface area contributed by atoms with E-state index in [0.717, 1.165) is 5.75 Å². The van der Waals surface area contributed by atoms with Gasteiger partial charge in [-0.3, -0.25) is 0 Å². The summed E-state index contributed by atoms with van der Waals surface area (Å²) in [5.41, 5.74) is 2.52. The van der Waals surface area contributed by atoms with E-state index >= 15 is 0 Å². The average molecular weight is 326 g/mol. The predicted octanol–water partition coefficient (Wildman–Crippen LogP) is 4.83. The molecule has 0 saturated carbocycles. The summed E-state index contributed by atoms with van der Waals surface area (Å²) < 4.78 is 5.00. The lowest BCUT2D eigenvalue weighted by molar-refractivity contribution is -0.137. The highest BCUT2D eigenvalue weighted by Crippen LogP contribution is 2.33. The van der Waals surface area contributed by atoms with E-state index in [1.54, 1.807) is 11.8 Å². The van der Waals surface area contributed by atoms with Crippen molar-refractivity contribution < 1.29 is 9.53 Å². The van der Waals surface area contributed by atoms with Crippen molar-refractivity contribution in [2.75, 3.05) is 12.4 Å². The Kier molecular flexibility index (Phi) is 6.05. The van der Waals surface area contributed by atoms with Crippen molar-refractivity contribution in [3.63, 3.8) is 0 Å². The summed E-state index contributed by atoms with van der Waals surface area (Å²) in [4.78, 5) is 12.2. The molecule has 0 saturated heterocycles. The third kappa shape index (κ3) is 4.73. The van der Waals surface area contributed by atoms with E-state index in [4.69, 9.17) is 4.74 Å². The van der Waals surface area contributed by atoms with Crippen molar-refractivity contribution in [3.05, 3.63) is 78.4 Å². The number of rotatable bonds is 7. The van der Waals surface area contributed by atoms with Gasteiger partial charge in [-0.05, 0) is 23.3 Å². The van der Waals surface area contributed by atoms with Crippen LogP contribution in [0.5, 0.6) is 0 Å². The maximum atomic E-state index is 11.0. The van der Waals surface area contributed by atoms with Crippen LogP contribution in [0.3, 0.4) is 0 Å². The number of carbonyl (C=O) groups is 1. The zero-order chi connectivity index (χ0) is 16.7. The molecule has 23 heavy (non-hydrogen) atoms. The standard InChI is InChI=1S/C20H22O2S/c1-4-19(21)22-13-14-23-18-12-8-11-17(15-18)20(2,3)16-9-6-5-7-10-16/h4-12,15H,1,13-14H2,2-3H3. The normalized spacial score (nSPS) is 11.0. The second-order valence-corrected chi connectivity index (χ2v) is 6.91. The average Bonchev–Trinajstić information content (AvgIpc) is 2.59. The molecule has 3 heteroatoms. The largest absolute Gasteiger partial charge is 0.462 e. The predicted molar refractivity (Wildman–Crippen MR) is 96.9 cm³/mol. The van der Waals surface area contributed by atoms with Crippen LogP contribution >= 0.6 is 11.8 Å². The Morgan fingerprint density at radius 1 is 1.13 bits per heavy atom. The Bertz CT molecular complexity index is 662. The first-order valence-corrected chi connectivity index (χ1v) is 8.60. The van der Waals surface area contributed by atoms with E-state index in [9.17, 15) is 4.79 Å². The topological polar surface area (TPSA) is 26.3 Å². The first-order chi connectivity index (χ1) is 11.0. The molecule has 0 heterocycles. The van der Waals surface area contributed by atoms with Crippen LogP contribution in [0, 0.1) is 0 Å². The molecule has 120 valence electrons. The molecule has 2 rings (SSSR count). The summed E-state index contributed by atoms with van der Waals surface area (Å²) >= 11 is 1.69. The Hall–Kier alpha value is -2.00. The van der Waals surface area contributed by atoms with Gasteiger partial charge < -0.3 is 4.74 Å². The van der Waals surface area contributed by atoms with E-state index in [1.807, 2.05) is 6.07 Å². The van der Waals surface area contributed by atoms with Gasteiger partial charge in [-0.2, -0.15) is 0 Å². The number of thioether (sulfide) groups is 1. The maximum Gasteiger partial charge on any atom is 0.330 e. The first kappa shape index (κ1) is 17.4. The van der Waals surface area contributed by atoms with E-state index < -0.39 is 0 Å². The molecule has 2 nitrogen and oxygen atoms in total. The third-order valence-electron chi connectivity index (χ3n) is 3.81. The number of esters is 1. The number of hydrogen-bond acceptors (Lipinski definition) is 3. The van der Waals surface area contributed by atoms with E-state index in [1.165, 1.54) is 22.1 Å². The lowest BCUT2D eigenvalue weighted by Gasteiger charge is -2.26. The summed E-state index contributed by atoms with van der Waals surface area (Å²) in [7, 11) is 0. The Morgan fingerprint density at radius 2 is 1.83 bits per heavy atom. The number of carbonyl (C=O) groups excluding carboxylic acids is 1. The van der Waals surface area contributed by atoms with Crippen LogP contribution in [-0.2, 0) is 14.9 Å². The highest BCUT2D eigenvalue weighted by Gasteiger charge is 2.22. The molecule has 0 fully saturated rings. The minimum Gasteiger partial charge on any atom is -0.462 e. The molecule has 0 spiro atoms. The lowest BCUT2D eigenvalue weighted by atomic mass is 9.78. The van der Waals surface area contributed by atoms with Crippen molar-refractivity contribution in [1.29, 1.82) is 0 Å². The molecule has 0 aliphatic rings. The second-order valence-electron chi connectivity index (χ2n) is 5.74. The van der Waals surface area contributed by atoms with E-state index in [-0.39, 0.29) is 11.4 Å². The minimum absolute atomic E-state index is 0.0485. The van der Waals surface area contributed by atoms with Gasteiger partial charge in [0.15, 0.2) is 0 Å². The van der Waals surface area contributed by atoms with Crippen LogP contribution in [0.4, 0.5) is 0 Å². The smallest absolute Gasteiger partial charge is 0.330 e. The van der Waals surface area contributed by atoms with Gasteiger partial charge in [0.25, 0.3) is 0 Å². The molecule has 0 bridgehead atoms. The second kappa shape index (κ2) is 8.02. The van der Waals surface area contributed by atoms with Gasteiger partial charge in [-0.1, -0.05) is 62.9 Å². The summed E-state index contributed by atoms with van der Waals surface area (Å²) in [5, 5.41) is 0. The van der Waals surface area contributed by atoms with Gasteiger partial charge in [0.05, 0.1) is 0 Å². The van der Waals surface area contributed by atoms with E-state index in [0.29, 0.717) is 6.61 Å². The Labute approximate surface area is 142 Å². The Morgan fingerprint density at radius 3 is 2.52 bits per heavy atom. The van der Waals surface area contributed by atoms with Crippen LogP contribution in [-0.4, -0.2) is 18.3 Å². The summed E-state index contributed by atoms with van der Waals surface area (Å²) in [6, 6.07) is 19.1. The SMILES string of the molecule is C=CC(=O)OCCSc1cccc(C(C)(C)c2ccccc2)c1. The van der Waals surface area contributed by atoms with Gasteiger partial charge in [-0.15, -0.1) is 11.8 Å². The van der Waals surface area contributed by atoms with Crippen LogP contribution in [0.2, 0.25) is 0 Å². The van der Waals surface area contributed by atoms with Gasteiger partial charge in [0, 0.05) is 22.1 Å². The molecule has 0 amide bonds. The van der Waals surface area contributed by atoms with Crippen molar-refractivity contribution in [3.8, 4) is 0 Å². The number of ether oxygens (including phenoxy) is 1. The van der Waals surface area contributed by atoms with Gasteiger partial charge in [-0.25, -0.2) is 4.79 Å². The van der Waals surface area contributed by atoms with E-state index in [2.05, 4.69) is 69.0 Å². The van der Waals surface area contributed by atoms with Crippen molar-refractivity contribution in [2.24, 2.45) is 0 Å². The van der Waals surface area contributed by atoms with Crippen LogP contribution in [0.15, 0.2) is 72.1 Å². The van der Waals surface area contributed by atoms with Crippen molar-refractivity contribution in [2.45, 2.75) is 24.2 Å². The molecule has 2 aromatic carbocycles. The molecule has 0 aromatic heterocycles. The van der Waals surface area contributed by atoms with Crippen LogP contribution < -0.4 is 0 Å². The molecule has 0 radical (unpaired) electrons. The van der Waals surface area contributed by atoms with Gasteiger partial charge in [0.2, 0.25) is 0 Å². The monoisotopic (exact) mass is 326 g/mol. The summed E-state index contributed by atoms with van der Waals surface area (Å²) in [5.74, 6) is 0.360. The molecular weight excluding hydrogens is 304 g/mol. The molecule has 0 unspecified atom stereocenters. The third-order valence-corrected chi connectivity index (χ3v) is 4.77. The van der Waals surface area contributed by atoms with Gasteiger partial charge >= 0.3 is 5.97 Å². The zero-order valence-corrected chi connectivity index (χ0v) is 14.4. The molecule has 0 atom stereocenters. The zero-order valence-electron chi connectivity index (χ0n) is 13.6. The maximum absolute atomic E-state index is 11.0. The quantitative estimate of drug-likeness (QED) is 0.315. The van der Waals surface area contributed by atoms with Crippen LogP contribution in [0.25, 0.3) is 0 Å². The number of hydrogen-bond donors (Lipinski definition) is 0. The molecular formula is C20H22O2S. The van der Waals surface area contributed by atoms with Crippen molar-refractivity contribution >= 4 is 17.7 Å². The Balaban J connectivity index is 2.05. The fourth-order valence-electron chi connectivity index (χ4n) is 2.36. The first-order valence-electron chi connectivity index (χ1n) is 7.62. The highest BCUT2D eigenvalue weighted by molar-refractivity contribution is 7.99. The lowest BCUT2D eigenvalue weighted by Crippen LogP contribution is -2.18. The summed E-state index contributed by atoms with van der Waals surface area (Å²) in [6.45, 7) is 8.24. The fourth-order valence-corrected chi connectivity index (χ4v) is 3.14. The highest BCUT2D eigenvalue weighted by atomic mass is 32.2. The van der Waals surface area contributed by atoms with Crippen molar-refractivity contribution in [1.82, 2.24) is 0 Å². The van der Waals surface area contributed by atoms with Gasteiger partial charge in [0.1, 0.15) is 6.61 Å². The number of benzene rings is 2. The molecule has 0 N–H and O–H groups in total. The van der Waals surface area contributed by atoms with Crippen LogP contribution in [0.1, 0.15) is 25.0 Å². The minimum atomic E-state index is -0.371. The fraction of sp³-hybridized carbons (Fsp3) is 0.250. The summed E-state index contributed by atoms with van der Waals surface area (Å²) in [6.07, 6.45) is 1.19.